The summed E-state index contributed by atoms with van der Waals surface area (Å²) in [7, 11) is 1.26. The van der Waals surface area contributed by atoms with Gasteiger partial charge in [0.1, 0.15) is 6.04 Å². The van der Waals surface area contributed by atoms with Crippen LogP contribution in [0.4, 0.5) is 0 Å². The molecule has 0 saturated carbocycles. The number of nitrogens with two attached hydrogens (primary N) is 1. The molecular weight excluding hydrogens is 220 g/mol. The van der Waals surface area contributed by atoms with Crippen LogP contribution in [0.5, 0.6) is 0 Å². The number of nitrogens with one attached hydrogen (secondary N) is 1. The average molecular weight is 236 g/mol. The van der Waals surface area contributed by atoms with Gasteiger partial charge in [0.15, 0.2) is 0 Å². The average Bonchev–Trinajstić information content (AvgIpc) is 2.36. The van der Waals surface area contributed by atoms with E-state index in [1.165, 1.54) is 7.11 Å². The molecule has 3 N–H and O–H groups in total. The lowest BCUT2D eigenvalue weighted by Gasteiger charge is -2.14. The van der Waals surface area contributed by atoms with Crippen LogP contribution in [-0.4, -0.2) is 31.6 Å². The van der Waals surface area contributed by atoms with Crippen molar-refractivity contribution in [2.45, 2.75) is 12.5 Å². The van der Waals surface area contributed by atoms with E-state index in [1.807, 2.05) is 30.3 Å². The number of methoxy groups -OCH3 is 1. The normalized spacial score (nSPS) is 11.6. The Bertz CT molecular complexity index is 379. The molecule has 1 unspecified atom stereocenters. The maximum atomic E-state index is 11.6. The smallest absolute Gasteiger partial charge is 0.329 e. The first kappa shape index (κ1) is 13.2. The number of carbonyl (C=O) groups is 2. The Morgan fingerprint density at radius 1 is 1.35 bits per heavy atom. The molecule has 0 aliphatic rings. The Kier molecular flexibility index (Phi) is 5.16. The zero-order chi connectivity index (χ0) is 12.7. The highest BCUT2D eigenvalue weighted by Gasteiger charge is 2.19. The zero-order valence-electron chi connectivity index (χ0n) is 9.68. The molecule has 17 heavy (non-hydrogen) atoms. The first-order valence-electron chi connectivity index (χ1n) is 5.28. The second-order valence-electron chi connectivity index (χ2n) is 3.54. The van der Waals surface area contributed by atoms with Gasteiger partial charge >= 0.3 is 5.97 Å². The molecule has 0 heterocycles. The molecule has 0 aliphatic heterocycles. The van der Waals surface area contributed by atoms with E-state index in [4.69, 9.17) is 5.73 Å². The fourth-order valence-electron chi connectivity index (χ4n) is 1.38. The van der Waals surface area contributed by atoms with Crippen molar-refractivity contribution in [1.82, 2.24) is 5.32 Å². The van der Waals surface area contributed by atoms with Crippen LogP contribution in [0.25, 0.3) is 0 Å². The van der Waals surface area contributed by atoms with Gasteiger partial charge in [-0.15, -0.1) is 0 Å². The Morgan fingerprint density at radius 3 is 2.53 bits per heavy atom. The first-order valence-corrected chi connectivity index (χ1v) is 5.28. The third-order valence-electron chi connectivity index (χ3n) is 2.26. The molecule has 0 spiro atoms. The van der Waals surface area contributed by atoms with Crippen molar-refractivity contribution in [3.8, 4) is 0 Å². The predicted octanol–water partition coefficient (Wildman–Crippen LogP) is -0.154. The van der Waals surface area contributed by atoms with Crippen LogP contribution >= 0.6 is 0 Å². The van der Waals surface area contributed by atoms with Gasteiger partial charge in [-0.25, -0.2) is 4.79 Å². The molecule has 1 aromatic rings. The predicted molar refractivity (Wildman–Crippen MR) is 63.1 cm³/mol. The van der Waals surface area contributed by atoms with Crippen LogP contribution in [-0.2, 0) is 20.7 Å². The molecule has 92 valence electrons. The molecule has 0 radical (unpaired) electrons. The summed E-state index contributed by atoms with van der Waals surface area (Å²) in [6.45, 7) is 0.0210. The Morgan fingerprint density at radius 2 is 2.00 bits per heavy atom. The van der Waals surface area contributed by atoms with Gasteiger partial charge in [0, 0.05) is 6.54 Å². The number of hydrogen-bond donors (Lipinski definition) is 2. The Labute approximate surface area is 99.9 Å². The van der Waals surface area contributed by atoms with Crippen molar-refractivity contribution >= 4 is 11.9 Å². The summed E-state index contributed by atoms with van der Waals surface area (Å²) < 4.78 is 4.52. The van der Waals surface area contributed by atoms with Crippen LogP contribution in [0.15, 0.2) is 30.3 Å². The van der Waals surface area contributed by atoms with Crippen molar-refractivity contribution in [2.75, 3.05) is 13.7 Å². The van der Waals surface area contributed by atoms with Gasteiger partial charge in [0.05, 0.1) is 13.5 Å². The summed E-state index contributed by atoms with van der Waals surface area (Å²) >= 11 is 0. The third kappa shape index (κ3) is 4.24. The summed E-state index contributed by atoms with van der Waals surface area (Å²) in [6, 6.07) is 8.48. The molecule has 0 aliphatic carbocycles. The lowest BCUT2D eigenvalue weighted by atomic mass is 10.1. The van der Waals surface area contributed by atoms with Crippen LogP contribution in [0.2, 0.25) is 0 Å². The number of ether oxygens (including phenoxy) is 1. The maximum absolute atomic E-state index is 11.6. The van der Waals surface area contributed by atoms with Gasteiger partial charge in [0.25, 0.3) is 0 Å². The van der Waals surface area contributed by atoms with Crippen molar-refractivity contribution < 1.29 is 14.3 Å². The summed E-state index contributed by atoms with van der Waals surface area (Å²) in [4.78, 5) is 22.8. The molecule has 1 atom stereocenters. The number of amides is 1. The number of carbonyl (C=O) groups excluding carboxylic acids is 2. The minimum Gasteiger partial charge on any atom is -0.467 e. The summed E-state index contributed by atoms with van der Waals surface area (Å²) in [5.41, 5.74) is 6.26. The highest BCUT2D eigenvalue weighted by atomic mass is 16.5. The number of rotatable bonds is 5. The number of benzene rings is 1. The van der Waals surface area contributed by atoms with Gasteiger partial charge in [-0.05, 0) is 5.56 Å². The van der Waals surface area contributed by atoms with E-state index in [2.05, 4.69) is 10.1 Å². The van der Waals surface area contributed by atoms with E-state index >= 15 is 0 Å². The fourth-order valence-corrected chi connectivity index (χ4v) is 1.38. The highest BCUT2D eigenvalue weighted by Crippen LogP contribution is 1.99. The molecule has 1 aromatic carbocycles. The second kappa shape index (κ2) is 6.65. The van der Waals surface area contributed by atoms with Crippen LogP contribution in [0.3, 0.4) is 0 Å². The standard InChI is InChI=1S/C12H16N2O3/c1-17-12(16)10(8-13)14-11(15)7-9-5-3-2-4-6-9/h2-6,10H,7-8,13H2,1H3,(H,14,15). The molecule has 0 saturated heterocycles. The lowest BCUT2D eigenvalue weighted by Crippen LogP contribution is -2.46. The highest BCUT2D eigenvalue weighted by molar-refractivity contribution is 5.85. The molecule has 0 fully saturated rings. The quantitative estimate of drug-likeness (QED) is 0.696. The minimum atomic E-state index is -0.781. The van der Waals surface area contributed by atoms with Crippen molar-refractivity contribution in [3.63, 3.8) is 0 Å². The van der Waals surface area contributed by atoms with Gasteiger partial charge in [0.2, 0.25) is 5.91 Å². The summed E-state index contributed by atoms with van der Waals surface area (Å²) in [6.07, 6.45) is 0.217. The Balaban J connectivity index is 2.51. The molecule has 1 amide bonds. The molecular formula is C12H16N2O3. The van der Waals surface area contributed by atoms with Crippen LogP contribution in [0.1, 0.15) is 5.56 Å². The number of hydrogen-bond acceptors (Lipinski definition) is 4. The van der Waals surface area contributed by atoms with Crippen molar-refractivity contribution in [2.24, 2.45) is 5.73 Å². The number of esters is 1. The monoisotopic (exact) mass is 236 g/mol. The van der Waals surface area contributed by atoms with E-state index in [9.17, 15) is 9.59 Å². The molecule has 0 aromatic heterocycles. The van der Waals surface area contributed by atoms with Gasteiger partial charge in [-0.1, -0.05) is 30.3 Å². The van der Waals surface area contributed by atoms with E-state index in [0.29, 0.717) is 0 Å². The third-order valence-corrected chi connectivity index (χ3v) is 2.26. The van der Waals surface area contributed by atoms with Crippen LogP contribution < -0.4 is 11.1 Å². The Hall–Kier alpha value is -1.88. The zero-order valence-corrected chi connectivity index (χ0v) is 9.68. The van der Waals surface area contributed by atoms with Gasteiger partial charge in [-0.2, -0.15) is 0 Å². The molecule has 0 bridgehead atoms. The van der Waals surface area contributed by atoms with E-state index < -0.39 is 12.0 Å². The van der Waals surface area contributed by atoms with Crippen molar-refractivity contribution in [3.05, 3.63) is 35.9 Å². The molecule has 5 heteroatoms. The largest absolute Gasteiger partial charge is 0.467 e. The van der Waals surface area contributed by atoms with E-state index in [0.717, 1.165) is 5.56 Å². The topological polar surface area (TPSA) is 81.4 Å². The summed E-state index contributed by atoms with van der Waals surface area (Å²) in [5.74, 6) is -0.786. The van der Waals surface area contributed by atoms with E-state index in [-0.39, 0.29) is 18.9 Å². The van der Waals surface area contributed by atoms with Crippen molar-refractivity contribution in [1.29, 1.82) is 0 Å². The van der Waals surface area contributed by atoms with Gasteiger partial charge in [-0.3, -0.25) is 4.79 Å². The lowest BCUT2D eigenvalue weighted by molar-refractivity contribution is -0.144. The fraction of sp³-hybridized carbons (Fsp3) is 0.333. The van der Waals surface area contributed by atoms with Crippen LogP contribution in [0, 0.1) is 0 Å². The SMILES string of the molecule is COC(=O)C(CN)NC(=O)Cc1ccccc1. The molecule has 1 rings (SSSR count). The molecule has 5 nitrogen and oxygen atoms in total. The second-order valence-corrected chi connectivity index (χ2v) is 3.54. The minimum absolute atomic E-state index is 0.0210. The maximum Gasteiger partial charge on any atom is 0.329 e. The summed E-state index contributed by atoms with van der Waals surface area (Å²) in [5, 5.41) is 2.53. The first-order chi connectivity index (χ1) is 8.17. The van der Waals surface area contributed by atoms with E-state index in [1.54, 1.807) is 0 Å². The van der Waals surface area contributed by atoms with Gasteiger partial charge < -0.3 is 15.8 Å².